The van der Waals surface area contributed by atoms with Crippen LogP contribution in [0, 0.1) is 30.1 Å². The number of aliphatic carboxylic acids is 1. The van der Waals surface area contributed by atoms with Crippen LogP contribution in [0.2, 0.25) is 0 Å². The molecule has 4 bridgehead atoms. The fourth-order valence-corrected chi connectivity index (χ4v) is 8.34. The summed E-state index contributed by atoms with van der Waals surface area (Å²) in [6.07, 6.45) is 13.3. The molecule has 4 aliphatic carbocycles. The molecule has 4 fully saturated rings. The highest BCUT2D eigenvalue weighted by Gasteiger charge is 2.50. The highest BCUT2D eigenvalue weighted by molar-refractivity contribution is 7.98. The molecule has 1 atom stereocenters. The number of benzene rings is 2. The molecule has 0 saturated heterocycles. The van der Waals surface area contributed by atoms with Crippen LogP contribution in [0.25, 0.3) is 11.1 Å². The van der Waals surface area contributed by atoms with Gasteiger partial charge < -0.3 is 15.2 Å². The summed E-state index contributed by atoms with van der Waals surface area (Å²) in [5.41, 5.74) is 3.80. The zero-order valence-corrected chi connectivity index (χ0v) is 23.5. The third kappa shape index (κ3) is 6.06. The summed E-state index contributed by atoms with van der Waals surface area (Å²) in [6.45, 7) is 2.70. The molecule has 0 aliphatic heterocycles. The molecule has 0 heterocycles. The summed E-state index contributed by atoms with van der Waals surface area (Å²) in [5, 5.41) is 12.4. The number of rotatable bonds is 12. The number of carbonyl (C=O) groups excluding carboxylic acids is 1. The average Bonchev–Trinajstić information content (AvgIpc) is 2.88. The number of carbonyl (C=O) groups is 2. The SMILES string of the molecule is CSCC[C@H](NC(=O)c1ccc(OCCCC23CC4CC(CC(C4)C2)C3)cc1-c1ccccc1C)C(=O)O. The molecule has 0 aromatic heterocycles. The lowest BCUT2D eigenvalue weighted by Gasteiger charge is -2.57. The molecular weight excluding hydrogens is 494 g/mol. The zero-order chi connectivity index (χ0) is 26.7. The summed E-state index contributed by atoms with van der Waals surface area (Å²) < 4.78 is 6.25. The summed E-state index contributed by atoms with van der Waals surface area (Å²) in [7, 11) is 0. The minimum atomic E-state index is -1.01. The van der Waals surface area contributed by atoms with E-state index in [0.717, 1.165) is 46.6 Å². The Morgan fingerprint density at radius 2 is 1.74 bits per heavy atom. The van der Waals surface area contributed by atoms with Gasteiger partial charge in [0.2, 0.25) is 0 Å². The maximum absolute atomic E-state index is 13.3. The monoisotopic (exact) mass is 535 g/mol. The fraction of sp³-hybridized carbons (Fsp3) is 0.562. The molecule has 4 aliphatic rings. The summed E-state index contributed by atoms with van der Waals surface area (Å²) in [6, 6.07) is 12.6. The van der Waals surface area contributed by atoms with E-state index in [1.807, 2.05) is 49.6 Å². The lowest BCUT2D eigenvalue weighted by Crippen LogP contribution is -2.46. The van der Waals surface area contributed by atoms with Gasteiger partial charge in [0.1, 0.15) is 11.8 Å². The van der Waals surface area contributed by atoms with Crippen molar-refractivity contribution in [3.8, 4) is 16.9 Å². The summed E-state index contributed by atoms with van der Waals surface area (Å²) in [4.78, 5) is 25.0. The van der Waals surface area contributed by atoms with Crippen LogP contribution in [0.15, 0.2) is 42.5 Å². The highest BCUT2D eigenvalue weighted by Crippen LogP contribution is 2.61. The first-order valence-corrected chi connectivity index (χ1v) is 15.6. The van der Waals surface area contributed by atoms with Crippen LogP contribution in [0.4, 0.5) is 0 Å². The molecule has 2 aromatic carbocycles. The van der Waals surface area contributed by atoms with Gasteiger partial charge in [0.05, 0.1) is 6.61 Å². The smallest absolute Gasteiger partial charge is 0.326 e. The molecule has 2 N–H and O–H groups in total. The minimum Gasteiger partial charge on any atom is -0.494 e. The van der Waals surface area contributed by atoms with Gasteiger partial charge >= 0.3 is 5.97 Å². The largest absolute Gasteiger partial charge is 0.494 e. The van der Waals surface area contributed by atoms with Gasteiger partial charge in [-0.05, 0) is 135 Å². The van der Waals surface area contributed by atoms with Crippen LogP contribution in [0.1, 0.15) is 73.7 Å². The normalized spacial score (nSPS) is 26.2. The van der Waals surface area contributed by atoms with E-state index in [1.165, 1.54) is 44.9 Å². The van der Waals surface area contributed by atoms with E-state index in [-0.39, 0.29) is 5.91 Å². The Labute approximate surface area is 231 Å². The summed E-state index contributed by atoms with van der Waals surface area (Å²) >= 11 is 1.57. The molecule has 6 rings (SSSR count). The number of ether oxygens (including phenoxy) is 1. The van der Waals surface area contributed by atoms with Crippen LogP contribution < -0.4 is 10.1 Å². The second-order valence-corrected chi connectivity index (χ2v) is 13.0. The van der Waals surface area contributed by atoms with Gasteiger partial charge in [-0.2, -0.15) is 11.8 Å². The predicted molar refractivity (Wildman–Crippen MR) is 154 cm³/mol. The lowest BCUT2D eigenvalue weighted by atomic mass is 9.48. The van der Waals surface area contributed by atoms with Crippen LogP contribution in [0.3, 0.4) is 0 Å². The molecule has 0 unspecified atom stereocenters. The quantitative estimate of drug-likeness (QED) is 0.287. The maximum Gasteiger partial charge on any atom is 0.326 e. The van der Waals surface area contributed by atoms with Crippen LogP contribution in [-0.4, -0.2) is 41.6 Å². The van der Waals surface area contributed by atoms with Gasteiger partial charge in [0.15, 0.2) is 0 Å². The number of carboxylic acids is 1. The van der Waals surface area contributed by atoms with Crippen molar-refractivity contribution >= 4 is 23.6 Å². The predicted octanol–water partition coefficient (Wildman–Crippen LogP) is 6.97. The van der Waals surface area contributed by atoms with Crippen molar-refractivity contribution in [3.63, 3.8) is 0 Å². The van der Waals surface area contributed by atoms with Crippen LogP contribution in [0.5, 0.6) is 5.75 Å². The van der Waals surface area contributed by atoms with E-state index in [4.69, 9.17) is 4.74 Å². The third-order valence-corrected chi connectivity index (χ3v) is 9.81. The van der Waals surface area contributed by atoms with Crippen molar-refractivity contribution in [1.29, 1.82) is 0 Å². The Bertz CT molecular complexity index is 1130. The van der Waals surface area contributed by atoms with Gasteiger partial charge in [-0.25, -0.2) is 4.79 Å². The Morgan fingerprint density at radius 3 is 2.37 bits per heavy atom. The van der Waals surface area contributed by atoms with Crippen molar-refractivity contribution in [1.82, 2.24) is 5.32 Å². The molecule has 204 valence electrons. The zero-order valence-electron chi connectivity index (χ0n) is 22.7. The first kappa shape index (κ1) is 27.1. The second-order valence-electron chi connectivity index (χ2n) is 12.0. The van der Waals surface area contributed by atoms with Gasteiger partial charge in [-0.15, -0.1) is 0 Å². The van der Waals surface area contributed by atoms with E-state index in [9.17, 15) is 14.7 Å². The van der Waals surface area contributed by atoms with E-state index in [1.54, 1.807) is 17.8 Å². The van der Waals surface area contributed by atoms with E-state index in [0.29, 0.717) is 29.8 Å². The van der Waals surface area contributed by atoms with Crippen LogP contribution in [-0.2, 0) is 4.79 Å². The van der Waals surface area contributed by atoms with E-state index < -0.39 is 12.0 Å². The van der Waals surface area contributed by atoms with Gasteiger partial charge in [0, 0.05) is 5.56 Å². The lowest BCUT2D eigenvalue weighted by molar-refractivity contribution is -0.139. The van der Waals surface area contributed by atoms with Crippen molar-refractivity contribution in [2.45, 2.75) is 70.8 Å². The second kappa shape index (κ2) is 11.7. The first-order chi connectivity index (χ1) is 18.4. The standard InChI is InChI=1S/C32H41NO4S/c1-21-6-3-4-7-26(21)28-17-25(8-9-27(28)30(34)33-29(31(35)36)10-13-38-2)37-12-5-11-32-18-22-14-23(19-32)16-24(15-22)20-32/h3-4,6-9,17,22-24,29H,5,10-16,18-20H2,1-2H3,(H,33,34)(H,35,36)/t22?,23?,24?,29-,32?/m0/s1. The Hall–Kier alpha value is -2.47. The van der Waals surface area contributed by atoms with Gasteiger partial charge in [-0.3, -0.25) is 4.79 Å². The number of carboxylic acid groups (broad SMARTS) is 1. The number of thioether (sulfide) groups is 1. The highest BCUT2D eigenvalue weighted by atomic mass is 32.2. The molecule has 38 heavy (non-hydrogen) atoms. The van der Waals surface area contributed by atoms with E-state index >= 15 is 0 Å². The fourth-order valence-electron chi connectivity index (χ4n) is 7.87. The van der Waals surface area contributed by atoms with Crippen molar-refractivity contribution < 1.29 is 19.4 Å². The number of nitrogens with one attached hydrogen (secondary N) is 1. The molecule has 1 amide bonds. The molecule has 5 nitrogen and oxygen atoms in total. The van der Waals surface area contributed by atoms with Crippen molar-refractivity contribution in [3.05, 3.63) is 53.6 Å². The minimum absolute atomic E-state index is 0.370. The number of hydrogen-bond acceptors (Lipinski definition) is 4. The topological polar surface area (TPSA) is 75.6 Å². The molecule has 2 aromatic rings. The van der Waals surface area contributed by atoms with Crippen molar-refractivity contribution in [2.24, 2.45) is 23.2 Å². The maximum atomic E-state index is 13.3. The van der Waals surface area contributed by atoms with Crippen LogP contribution >= 0.6 is 11.8 Å². The third-order valence-electron chi connectivity index (χ3n) is 9.17. The van der Waals surface area contributed by atoms with Gasteiger partial charge in [-0.1, -0.05) is 24.3 Å². The van der Waals surface area contributed by atoms with Crippen molar-refractivity contribution in [2.75, 3.05) is 18.6 Å². The molecule has 4 saturated carbocycles. The van der Waals surface area contributed by atoms with Gasteiger partial charge in [0.25, 0.3) is 5.91 Å². The molecule has 0 radical (unpaired) electrons. The number of amides is 1. The Balaban J connectivity index is 1.28. The average molecular weight is 536 g/mol. The van der Waals surface area contributed by atoms with E-state index in [2.05, 4.69) is 5.32 Å². The Kier molecular flexibility index (Phi) is 8.37. The summed E-state index contributed by atoms with van der Waals surface area (Å²) in [5.74, 6) is 2.95. The first-order valence-electron chi connectivity index (χ1n) is 14.2. The molecular formula is C32H41NO4S. The molecule has 6 heteroatoms. The number of hydrogen-bond donors (Lipinski definition) is 2. The number of aryl methyl sites for hydroxylation is 1. The Morgan fingerprint density at radius 1 is 1.05 bits per heavy atom. The molecule has 0 spiro atoms.